The number of carboxylic acids is 1. The second-order valence-corrected chi connectivity index (χ2v) is 3.81. The van der Waals surface area contributed by atoms with E-state index in [1.807, 2.05) is 0 Å². The Kier molecular flexibility index (Phi) is 4.19. The first-order valence-electron chi connectivity index (χ1n) is 5.26. The average Bonchev–Trinajstić information content (AvgIpc) is 2.34. The molecule has 1 aromatic rings. The summed E-state index contributed by atoms with van der Waals surface area (Å²) in [4.78, 5) is 31.6. The van der Waals surface area contributed by atoms with Crippen LogP contribution >= 0.6 is 0 Å². The van der Waals surface area contributed by atoms with Gasteiger partial charge in [-0.2, -0.15) is 0 Å². The third kappa shape index (κ3) is 2.93. The van der Waals surface area contributed by atoms with Crippen LogP contribution < -0.4 is 4.90 Å². The van der Waals surface area contributed by atoms with E-state index in [0.29, 0.717) is 11.5 Å². The van der Waals surface area contributed by atoms with Crippen LogP contribution in [0.3, 0.4) is 0 Å². The number of anilines is 1. The van der Waals surface area contributed by atoms with Crippen LogP contribution in [0.2, 0.25) is 0 Å². The molecule has 0 bridgehead atoms. The van der Waals surface area contributed by atoms with Crippen LogP contribution in [-0.4, -0.2) is 47.2 Å². The zero-order chi connectivity index (χ0) is 13.9. The third-order valence-corrected chi connectivity index (χ3v) is 2.51. The molecule has 1 N–H and O–H groups in total. The van der Waals surface area contributed by atoms with Gasteiger partial charge in [-0.15, -0.1) is 0 Å². The second kappa shape index (κ2) is 5.44. The number of esters is 1. The number of rotatable bonds is 4. The number of likely N-dealkylation sites (N-methyl/N-ethyl adjacent to an activating group) is 1. The van der Waals surface area contributed by atoms with Gasteiger partial charge >= 0.3 is 11.9 Å². The predicted molar refractivity (Wildman–Crippen MR) is 63.6 cm³/mol. The Bertz CT molecular complexity index is 475. The molecule has 18 heavy (non-hydrogen) atoms. The number of aromatic nitrogens is 2. The number of carboxylic acid groups (broad SMARTS) is 1. The molecule has 1 rings (SSSR count). The third-order valence-electron chi connectivity index (χ3n) is 2.51. The van der Waals surface area contributed by atoms with Crippen LogP contribution in [0.25, 0.3) is 0 Å². The van der Waals surface area contributed by atoms with Crippen LogP contribution in [0.15, 0.2) is 6.07 Å². The van der Waals surface area contributed by atoms with E-state index in [4.69, 9.17) is 5.11 Å². The lowest BCUT2D eigenvalue weighted by Gasteiger charge is -2.22. The summed E-state index contributed by atoms with van der Waals surface area (Å²) in [6.45, 7) is 3.22. The molecule has 1 unspecified atom stereocenters. The first-order chi connectivity index (χ1) is 8.36. The molecule has 0 amide bonds. The van der Waals surface area contributed by atoms with Crippen molar-refractivity contribution in [2.75, 3.05) is 19.1 Å². The summed E-state index contributed by atoms with van der Waals surface area (Å²) in [5.41, 5.74) is 0.560. The molecule has 7 heteroatoms. The zero-order valence-electron chi connectivity index (χ0n) is 10.7. The summed E-state index contributed by atoms with van der Waals surface area (Å²) in [6, 6.07) is 0.844. The van der Waals surface area contributed by atoms with Crippen molar-refractivity contribution in [3.63, 3.8) is 0 Å². The Morgan fingerprint density at radius 2 is 2.06 bits per heavy atom. The van der Waals surface area contributed by atoms with Crippen LogP contribution in [-0.2, 0) is 9.53 Å². The van der Waals surface area contributed by atoms with Crippen molar-refractivity contribution in [1.29, 1.82) is 0 Å². The number of nitrogens with zero attached hydrogens (tertiary/aromatic N) is 3. The summed E-state index contributed by atoms with van der Waals surface area (Å²) in [5.74, 6) is -1.36. The van der Waals surface area contributed by atoms with E-state index >= 15 is 0 Å². The second-order valence-electron chi connectivity index (χ2n) is 3.81. The maximum absolute atomic E-state index is 11.4. The Morgan fingerprint density at radius 3 is 2.56 bits per heavy atom. The summed E-state index contributed by atoms with van der Waals surface area (Å²) in [5, 5.41) is 8.93. The molecule has 0 saturated heterocycles. The van der Waals surface area contributed by atoms with Crippen LogP contribution in [0.5, 0.6) is 0 Å². The molecule has 1 atom stereocenters. The first kappa shape index (κ1) is 13.9. The van der Waals surface area contributed by atoms with E-state index in [9.17, 15) is 9.59 Å². The monoisotopic (exact) mass is 253 g/mol. The predicted octanol–water partition coefficient (Wildman–Crippen LogP) is 0.481. The smallest absolute Gasteiger partial charge is 0.376 e. The maximum atomic E-state index is 11.4. The lowest BCUT2D eigenvalue weighted by Crippen LogP contribution is -2.36. The number of carbonyl (C=O) groups excluding carboxylic acids is 1. The minimum atomic E-state index is -0.978. The summed E-state index contributed by atoms with van der Waals surface area (Å²) >= 11 is 0. The number of hydrogen-bond acceptors (Lipinski definition) is 6. The Balaban J connectivity index is 3.13. The van der Waals surface area contributed by atoms with E-state index in [0.717, 1.165) is 0 Å². The highest BCUT2D eigenvalue weighted by Gasteiger charge is 2.20. The van der Waals surface area contributed by atoms with Gasteiger partial charge in [0.1, 0.15) is 11.9 Å². The van der Waals surface area contributed by atoms with Gasteiger partial charge in [-0.3, -0.25) is 0 Å². The van der Waals surface area contributed by atoms with E-state index in [1.54, 1.807) is 20.0 Å². The standard InChI is InChI=1S/C11H15N3O4/c1-6-5-8(14(3)7(2)10(15)16)13-9(12-6)11(17)18-4/h5,7H,1-4H3,(H,15,16). The molecular formula is C11H15N3O4. The molecule has 7 nitrogen and oxygen atoms in total. The molecule has 1 aromatic heterocycles. The Morgan fingerprint density at radius 1 is 1.44 bits per heavy atom. The van der Waals surface area contributed by atoms with Crippen molar-refractivity contribution in [1.82, 2.24) is 9.97 Å². The van der Waals surface area contributed by atoms with Crippen molar-refractivity contribution < 1.29 is 19.4 Å². The van der Waals surface area contributed by atoms with Crippen molar-refractivity contribution >= 4 is 17.8 Å². The Labute approximate surface area is 104 Å². The topological polar surface area (TPSA) is 92.6 Å². The molecule has 0 aliphatic rings. The van der Waals surface area contributed by atoms with Gasteiger partial charge in [0.25, 0.3) is 0 Å². The van der Waals surface area contributed by atoms with Gasteiger partial charge < -0.3 is 14.7 Å². The fourth-order valence-electron chi connectivity index (χ4n) is 1.28. The minimum absolute atomic E-state index is 0.0862. The van der Waals surface area contributed by atoms with Gasteiger partial charge in [-0.25, -0.2) is 19.6 Å². The quantitative estimate of drug-likeness (QED) is 0.780. The number of methoxy groups -OCH3 is 1. The molecule has 98 valence electrons. The minimum Gasteiger partial charge on any atom is -0.480 e. The van der Waals surface area contributed by atoms with Gasteiger partial charge in [0.2, 0.25) is 5.82 Å². The van der Waals surface area contributed by atoms with Crippen LogP contribution in [0, 0.1) is 6.92 Å². The molecular weight excluding hydrogens is 238 g/mol. The molecule has 0 radical (unpaired) electrons. The number of hydrogen-bond donors (Lipinski definition) is 1. The molecule has 0 saturated carbocycles. The van der Waals surface area contributed by atoms with E-state index in [1.165, 1.54) is 18.9 Å². The fourth-order valence-corrected chi connectivity index (χ4v) is 1.28. The summed E-state index contributed by atoms with van der Waals surface area (Å²) in [6.07, 6.45) is 0. The zero-order valence-corrected chi connectivity index (χ0v) is 10.7. The Hall–Kier alpha value is -2.18. The van der Waals surface area contributed by atoms with Crippen LogP contribution in [0.4, 0.5) is 5.82 Å². The molecule has 0 aliphatic carbocycles. The highest BCUT2D eigenvalue weighted by atomic mass is 16.5. The number of aryl methyl sites for hydroxylation is 1. The fraction of sp³-hybridized carbons (Fsp3) is 0.455. The highest BCUT2D eigenvalue weighted by Crippen LogP contribution is 2.14. The summed E-state index contributed by atoms with van der Waals surface area (Å²) < 4.78 is 4.54. The molecule has 0 fully saturated rings. The van der Waals surface area contributed by atoms with Gasteiger partial charge in [-0.05, 0) is 13.8 Å². The molecule has 0 aromatic carbocycles. The van der Waals surface area contributed by atoms with Crippen LogP contribution in [0.1, 0.15) is 23.2 Å². The number of carbonyl (C=O) groups is 2. The van der Waals surface area contributed by atoms with Crippen molar-refractivity contribution in [3.05, 3.63) is 17.6 Å². The average molecular weight is 253 g/mol. The maximum Gasteiger partial charge on any atom is 0.376 e. The molecule has 0 aliphatic heterocycles. The van der Waals surface area contributed by atoms with Gasteiger partial charge in [-0.1, -0.05) is 0 Å². The van der Waals surface area contributed by atoms with Crippen molar-refractivity contribution in [2.24, 2.45) is 0 Å². The SMILES string of the molecule is COC(=O)c1nc(C)cc(N(C)C(C)C(=O)O)n1. The van der Waals surface area contributed by atoms with Gasteiger partial charge in [0, 0.05) is 18.8 Å². The van der Waals surface area contributed by atoms with E-state index in [2.05, 4.69) is 14.7 Å². The van der Waals surface area contributed by atoms with E-state index in [-0.39, 0.29) is 5.82 Å². The van der Waals surface area contributed by atoms with E-state index < -0.39 is 18.0 Å². The van der Waals surface area contributed by atoms with Gasteiger partial charge in [0.05, 0.1) is 7.11 Å². The van der Waals surface area contributed by atoms with Crippen molar-refractivity contribution in [2.45, 2.75) is 19.9 Å². The molecule has 0 spiro atoms. The largest absolute Gasteiger partial charge is 0.480 e. The highest BCUT2D eigenvalue weighted by molar-refractivity contribution is 5.85. The normalized spacial score (nSPS) is 11.8. The number of ether oxygens (including phenoxy) is 1. The lowest BCUT2D eigenvalue weighted by atomic mass is 10.3. The summed E-state index contributed by atoms with van der Waals surface area (Å²) in [7, 11) is 2.82. The lowest BCUT2D eigenvalue weighted by molar-refractivity contribution is -0.138. The number of aliphatic carboxylic acids is 1. The van der Waals surface area contributed by atoms with Gasteiger partial charge in [0.15, 0.2) is 0 Å². The van der Waals surface area contributed by atoms with Crippen molar-refractivity contribution in [3.8, 4) is 0 Å². The first-order valence-corrected chi connectivity index (χ1v) is 5.26. The molecule has 1 heterocycles.